The summed E-state index contributed by atoms with van der Waals surface area (Å²) < 4.78 is 5.34. The van der Waals surface area contributed by atoms with Crippen molar-refractivity contribution < 1.29 is 4.74 Å². The van der Waals surface area contributed by atoms with Crippen LogP contribution in [0, 0.1) is 0 Å². The molecule has 1 saturated heterocycles. The molecule has 88 valence electrons. The topological polar surface area (TPSA) is 58.2 Å². The first-order chi connectivity index (χ1) is 7.86. The second-order valence-corrected chi connectivity index (χ2v) is 3.97. The average molecular weight is 223 g/mol. The van der Waals surface area contributed by atoms with Crippen molar-refractivity contribution in [3.8, 4) is 5.88 Å². The number of hydrogen-bond acceptors (Lipinski definition) is 4. The van der Waals surface area contributed by atoms with Crippen LogP contribution in [0.2, 0.25) is 0 Å². The lowest BCUT2D eigenvalue weighted by molar-refractivity contribution is 0.179. The van der Waals surface area contributed by atoms with Gasteiger partial charge in [0.05, 0.1) is 0 Å². The fourth-order valence-electron chi connectivity index (χ4n) is 1.90. The molecule has 2 rings (SSSR count). The Labute approximate surface area is 94.5 Å². The van der Waals surface area contributed by atoms with Crippen LogP contribution in [0.4, 0.5) is 0 Å². The van der Waals surface area contributed by atoms with Crippen LogP contribution in [-0.2, 0) is 0 Å². The summed E-state index contributed by atoms with van der Waals surface area (Å²) in [5, 5.41) is 0. The summed E-state index contributed by atoms with van der Waals surface area (Å²) >= 11 is 0. The zero-order valence-corrected chi connectivity index (χ0v) is 9.32. The Bertz CT molecular complexity index is 371. The molecule has 1 N–H and O–H groups in total. The first-order valence-electron chi connectivity index (χ1n) is 5.75. The number of hydrogen-bond donors (Lipinski definition) is 1. The minimum Gasteiger partial charge on any atom is -0.472 e. The average Bonchev–Trinajstić information content (AvgIpc) is 2.33. The van der Waals surface area contributed by atoms with E-state index in [4.69, 9.17) is 4.74 Å². The third kappa shape index (κ3) is 3.06. The van der Waals surface area contributed by atoms with Crippen LogP contribution in [0.5, 0.6) is 5.88 Å². The van der Waals surface area contributed by atoms with E-state index in [1.807, 2.05) is 0 Å². The summed E-state index contributed by atoms with van der Waals surface area (Å²) in [5.74, 6) is 0.166. The summed E-state index contributed by atoms with van der Waals surface area (Å²) in [6.07, 6.45) is 6.89. The molecule has 0 atom stereocenters. The lowest BCUT2D eigenvalue weighted by Crippen LogP contribution is -2.33. The van der Waals surface area contributed by atoms with E-state index in [-0.39, 0.29) is 11.4 Å². The summed E-state index contributed by atoms with van der Waals surface area (Å²) in [6, 6.07) is 0. The SMILES string of the molecule is O=c1[nH]ccnc1OCCN1CCCCC1. The highest BCUT2D eigenvalue weighted by molar-refractivity contribution is 5.01. The fraction of sp³-hybridized carbons (Fsp3) is 0.636. The molecule has 1 aromatic rings. The van der Waals surface area contributed by atoms with Gasteiger partial charge in [0.25, 0.3) is 5.88 Å². The summed E-state index contributed by atoms with van der Waals surface area (Å²) in [7, 11) is 0. The van der Waals surface area contributed by atoms with Crippen LogP contribution in [0.1, 0.15) is 19.3 Å². The van der Waals surface area contributed by atoms with Crippen molar-refractivity contribution in [2.24, 2.45) is 0 Å². The highest BCUT2D eigenvalue weighted by atomic mass is 16.5. The monoisotopic (exact) mass is 223 g/mol. The van der Waals surface area contributed by atoms with Crippen LogP contribution < -0.4 is 10.3 Å². The Hall–Kier alpha value is -1.36. The normalized spacial score (nSPS) is 17.2. The van der Waals surface area contributed by atoms with Crippen molar-refractivity contribution >= 4 is 0 Å². The number of likely N-dealkylation sites (tertiary alicyclic amines) is 1. The van der Waals surface area contributed by atoms with Crippen molar-refractivity contribution in [2.45, 2.75) is 19.3 Å². The lowest BCUT2D eigenvalue weighted by atomic mass is 10.1. The van der Waals surface area contributed by atoms with Gasteiger partial charge in [0, 0.05) is 18.9 Å². The van der Waals surface area contributed by atoms with Gasteiger partial charge in [-0.15, -0.1) is 0 Å². The molecule has 1 aromatic heterocycles. The van der Waals surface area contributed by atoms with Crippen molar-refractivity contribution in [3.05, 3.63) is 22.7 Å². The van der Waals surface area contributed by atoms with Crippen LogP contribution in [0.25, 0.3) is 0 Å². The number of aromatic amines is 1. The van der Waals surface area contributed by atoms with Gasteiger partial charge in [0.15, 0.2) is 0 Å². The van der Waals surface area contributed by atoms with Crippen LogP contribution >= 0.6 is 0 Å². The van der Waals surface area contributed by atoms with Crippen molar-refractivity contribution in [3.63, 3.8) is 0 Å². The third-order valence-corrected chi connectivity index (χ3v) is 2.77. The van der Waals surface area contributed by atoms with E-state index in [2.05, 4.69) is 14.9 Å². The molecule has 0 unspecified atom stereocenters. The van der Waals surface area contributed by atoms with E-state index in [1.54, 1.807) is 0 Å². The van der Waals surface area contributed by atoms with E-state index < -0.39 is 0 Å². The van der Waals surface area contributed by atoms with Gasteiger partial charge in [0.1, 0.15) is 6.61 Å². The van der Waals surface area contributed by atoms with E-state index >= 15 is 0 Å². The molecule has 0 aliphatic carbocycles. The molecule has 16 heavy (non-hydrogen) atoms. The molecule has 5 heteroatoms. The van der Waals surface area contributed by atoms with Crippen LogP contribution in [-0.4, -0.2) is 41.1 Å². The van der Waals surface area contributed by atoms with Gasteiger partial charge in [-0.25, -0.2) is 4.98 Å². The fourth-order valence-corrected chi connectivity index (χ4v) is 1.90. The van der Waals surface area contributed by atoms with Gasteiger partial charge in [0.2, 0.25) is 0 Å². The predicted molar refractivity (Wildman–Crippen MR) is 60.6 cm³/mol. The molecule has 2 heterocycles. The van der Waals surface area contributed by atoms with E-state index in [0.717, 1.165) is 19.6 Å². The Balaban J connectivity index is 1.75. The maximum Gasteiger partial charge on any atom is 0.310 e. The molecule has 0 saturated carbocycles. The quantitative estimate of drug-likeness (QED) is 0.813. The Morgan fingerprint density at radius 1 is 1.38 bits per heavy atom. The smallest absolute Gasteiger partial charge is 0.310 e. The summed E-state index contributed by atoms with van der Waals surface area (Å²) in [5.41, 5.74) is -0.263. The third-order valence-electron chi connectivity index (χ3n) is 2.77. The summed E-state index contributed by atoms with van der Waals surface area (Å²) in [4.78, 5) is 20.0. The molecule has 0 bridgehead atoms. The molecule has 0 amide bonds. The molecule has 0 spiro atoms. The molecular formula is C11H17N3O2. The minimum atomic E-state index is -0.263. The number of aromatic nitrogens is 2. The lowest BCUT2D eigenvalue weighted by Gasteiger charge is -2.25. The number of piperidine rings is 1. The molecule has 0 radical (unpaired) electrons. The first kappa shape index (κ1) is 11.1. The standard InChI is InChI=1S/C11H17N3O2/c15-10-11(13-5-4-12-10)16-9-8-14-6-2-1-3-7-14/h4-5H,1-3,6-9H2,(H,12,15). The van der Waals surface area contributed by atoms with Crippen molar-refractivity contribution in [1.82, 2.24) is 14.9 Å². The molecule has 1 aliphatic rings. The predicted octanol–water partition coefficient (Wildman–Crippen LogP) is 0.635. The van der Waals surface area contributed by atoms with Gasteiger partial charge in [-0.2, -0.15) is 0 Å². The van der Waals surface area contributed by atoms with E-state index in [1.165, 1.54) is 31.7 Å². The van der Waals surface area contributed by atoms with E-state index in [9.17, 15) is 4.79 Å². The molecule has 1 aliphatic heterocycles. The molecule has 1 fully saturated rings. The Morgan fingerprint density at radius 3 is 2.94 bits per heavy atom. The van der Waals surface area contributed by atoms with Crippen LogP contribution in [0.15, 0.2) is 17.2 Å². The number of ether oxygens (including phenoxy) is 1. The highest BCUT2D eigenvalue weighted by Crippen LogP contribution is 2.07. The van der Waals surface area contributed by atoms with Crippen molar-refractivity contribution in [1.29, 1.82) is 0 Å². The second-order valence-electron chi connectivity index (χ2n) is 3.97. The number of rotatable bonds is 4. The first-order valence-corrected chi connectivity index (χ1v) is 5.75. The molecule has 5 nitrogen and oxygen atoms in total. The van der Waals surface area contributed by atoms with Crippen LogP contribution in [0.3, 0.4) is 0 Å². The maximum atomic E-state index is 11.2. The van der Waals surface area contributed by atoms with E-state index in [0.29, 0.717) is 6.61 Å². The zero-order valence-electron chi connectivity index (χ0n) is 9.32. The molecule has 0 aromatic carbocycles. The zero-order chi connectivity index (χ0) is 11.2. The Kier molecular flexibility index (Phi) is 3.93. The molecular weight excluding hydrogens is 206 g/mol. The number of nitrogens with one attached hydrogen (secondary N) is 1. The largest absolute Gasteiger partial charge is 0.472 e. The number of H-pyrrole nitrogens is 1. The summed E-state index contributed by atoms with van der Waals surface area (Å²) in [6.45, 7) is 3.68. The maximum absolute atomic E-state index is 11.2. The second kappa shape index (κ2) is 5.65. The van der Waals surface area contributed by atoms with Gasteiger partial charge >= 0.3 is 5.56 Å². The minimum absolute atomic E-state index is 0.166. The van der Waals surface area contributed by atoms with Crippen molar-refractivity contribution in [2.75, 3.05) is 26.2 Å². The Morgan fingerprint density at radius 2 is 2.19 bits per heavy atom. The van der Waals surface area contributed by atoms with Gasteiger partial charge in [-0.05, 0) is 25.9 Å². The highest BCUT2D eigenvalue weighted by Gasteiger charge is 2.10. The van der Waals surface area contributed by atoms with Gasteiger partial charge in [-0.3, -0.25) is 9.69 Å². The van der Waals surface area contributed by atoms with Gasteiger partial charge < -0.3 is 9.72 Å². The number of nitrogens with zero attached hydrogens (tertiary/aromatic N) is 2. The van der Waals surface area contributed by atoms with Gasteiger partial charge in [-0.1, -0.05) is 6.42 Å².